The first-order valence-electron chi connectivity index (χ1n) is 6.72. The van der Waals surface area contributed by atoms with Gasteiger partial charge in [-0.05, 0) is 32.1 Å². The van der Waals surface area contributed by atoms with E-state index in [9.17, 15) is 4.79 Å². The van der Waals surface area contributed by atoms with Gasteiger partial charge < -0.3 is 10.6 Å². The molecule has 1 fully saturated rings. The summed E-state index contributed by atoms with van der Waals surface area (Å²) in [7, 11) is 0. The lowest BCUT2D eigenvalue weighted by Crippen LogP contribution is -2.47. The average Bonchev–Trinajstić information content (AvgIpc) is 2.87. The summed E-state index contributed by atoms with van der Waals surface area (Å²) in [4.78, 5) is 19.4. The van der Waals surface area contributed by atoms with Crippen LogP contribution in [0.4, 0.5) is 0 Å². The monoisotopic (exact) mass is 267 g/mol. The van der Waals surface area contributed by atoms with E-state index in [0.29, 0.717) is 6.54 Å². The molecule has 1 aliphatic heterocycles. The highest BCUT2D eigenvalue weighted by molar-refractivity contribution is 7.13. The lowest BCUT2D eigenvalue weighted by molar-refractivity contribution is 0.0628. The van der Waals surface area contributed by atoms with E-state index < -0.39 is 0 Å². The zero-order chi connectivity index (χ0) is 13.0. The van der Waals surface area contributed by atoms with E-state index in [1.165, 1.54) is 17.8 Å². The number of thiazole rings is 1. The SMILES string of the molecule is CCCc1ncc(C(=O)N2CCCCC2CN)s1. The molecule has 0 aromatic carbocycles. The Morgan fingerprint density at radius 2 is 2.44 bits per heavy atom. The molecule has 100 valence electrons. The van der Waals surface area contributed by atoms with Crippen LogP contribution in [0.1, 0.15) is 47.3 Å². The zero-order valence-corrected chi connectivity index (χ0v) is 11.7. The molecule has 5 heteroatoms. The summed E-state index contributed by atoms with van der Waals surface area (Å²) in [5.74, 6) is 0.116. The summed E-state index contributed by atoms with van der Waals surface area (Å²) in [6.07, 6.45) is 7.04. The first kappa shape index (κ1) is 13.5. The molecule has 1 aromatic heterocycles. The van der Waals surface area contributed by atoms with Gasteiger partial charge in [0.05, 0.1) is 11.2 Å². The third-order valence-electron chi connectivity index (χ3n) is 3.39. The fraction of sp³-hybridized carbons (Fsp3) is 0.692. The van der Waals surface area contributed by atoms with Crippen molar-refractivity contribution in [1.29, 1.82) is 0 Å². The first-order valence-corrected chi connectivity index (χ1v) is 7.53. The number of carbonyl (C=O) groups is 1. The van der Waals surface area contributed by atoms with Crippen LogP contribution in [-0.2, 0) is 6.42 Å². The number of amides is 1. The van der Waals surface area contributed by atoms with Gasteiger partial charge in [-0.25, -0.2) is 4.98 Å². The molecule has 0 bridgehead atoms. The minimum atomic E-state index is 0.116. The molecule has 2 rings (SSSR count). The van der Waals surface area contributed by atoms with Gasteiger partial charge in [-0.2, -0.15) is 0 Å². The van der Waals surface area contributed by atoms with Crippen molar-refractivity contribution in [3.63, 3.8) is 0 Å². The Morgan fingerprint density at radius 3 is 3.17 bits per heavy atom. The number of nitrogens with two attached hydrogens (primary N) is 1. The van der Waals surface area contributed by atoms with Gasteiger partial charge in [0.25, 0.3) is 5.91 Å². The maximum Gasteiger partial charge on any atom is 0.265 e. The summed E-state index contributed by atoms with van der Waals surface area (Å²) in [5, 5.41) is 1.06. The van der Waals surface area contributed by atoms with E-state index in [1.807, 2.05) is 4.90 Å². The van der Waals surface area contributed by atoms with Crippen molar-refractivity contribution in [2.45, 2.75) is 45.1 Å². The third-order valence-corrected chi connectivity index (χ3v) is 4.43. The number of likely N-dealkylation sites (tertiary alicyclic amines) is 1. The number of carbonyl (C=O) groups excluding carboxylic acids is 1. The van der Waals surface area contributed by atoms with Crippen LogP contribution < -0.4 is 5.73 Å². The predicted octanol–water partition coefficient (Wildman–Crippen LogP) is 2.05. The molecular weight excluding hydrogens is 246 g/mol. The summed E-state index contributed by atoms with van der Waals surface area (Å²) < 4.78 is 0. The predicted molar refractivity (Wildman–Crippen MR) is 73.8 cm³/mol. The second-order valence-electron chi connectivity index (χ2n) is 4.75. The molecule has 2 heterocycles. The van der Waals surface area contributed by atoms with E-state index in [4.69, 9.17) is 5.73 Å². The summed E-state index contributed by atoms with van der Waals surface area (Å²) >= 11 is 1.53. The van der Waals surface area contributed by atoms with E-state index >= 15 is 0 Å². The van der Waals surface area contributed by atoms with Gasteiger partial charge in [0.15, 0.2) is 0 Å². The largest absolute Gasteiger partial charge is 0.334 e. The highest BCUT2D eigenvalue weighted by Crippen LogP contribution is 2.22. The zero-order valence-electron chi connectivity index (χ0n) is 10.9. The van der Waals surface area contributed by atoms with Crippen molar-refractivity contribution in [2.75, 3.05) is 13.1 Å². The Morgan fingerprint density at radius 1 is 1.61 bits per heavy atom. The lowest BCUT2D eigenvalue weighted by Gasteiger charge is -2.34. The van der Waals surface area contributed by atoms with Gasteiger partial charge in [0, 0.05) is 19.1 Å². The Hall–Kier alpha value is -0.940. The van der Waals surface area contributed by atoms with Gasteiger partial charge in [0.1, 0.15) is 4.88 Å². The molecule has 1 aliphatic rings. The molecule has 0 aliphatic carbocycles. The van der Waals surface area contributed by atoms with Crippen LogP contribution in [0.2, 0.25) is 0 Å². The number of hydrogen-bond acceptors (Lipinski definition) is 4. The van der Waals surface area contributed by atoms with Crippen LogP contribution in [0.25, 0.3) is 0 Å². The molecule has 1 saturated heterocycles. The second-order valence-corrected chi connectivity index (χ2v) is 5.87. The lowest BCUT2D eigenvalue weighted by atomic mass is 10.0. The van der Waals surface area contributed by atoms with Crippen molar-refractivity contribution < 1.29 is 4.79 Å². The molecule has 1 aromatic rings. The normalized spacial score (nSPS) is 20.1. The molecule has 0 saturated carbocycles. The van der Waals surface area contributed by atoms with Crippen LogP contribution in [0, 0.1) is 0 Å². The standard InChI is InChI=1S/C13H21N3OS/c1-2-5-12-15-9-11(18-12)13(17)16-7-4-3-6-10(16)8-14/h9-10H,2-8,14H2,1H3. The van der Waals surface area contributed by atoms with Crippen LogP contribution in [0.3, 0.4) is 0 Å². The quantitative estimate of drug-likeness (QED) is 0.908. The number of nitrogens with zero attached hydrogens (tertiary/aromatic N) is 2. The van der Waals surface area contributed by atoms with Crippen LogP contribution in [0.5, 0.6) is 0 Å². The van der Waals surface area contributed by atoms with Crippen molar-refractivity contribution in [2.24, 2.45) is 5.73 Å². The second kappa shape index (κ2) is 6.29. The van der Waals surface area contributed by atoms with Gasteiger partial charge >= 0.3 is 0 Å². The Balaban J connectivity index is 2.08. The summed E-state index contributed by atoms with van der Waals surface area (Å²) in [6.45, 7) is 3.52. The number of aryl methyl sites for hydroxylation is 1. The number of rotatable bonds is 4. The van der Waals surface area contributed by atoms with Gasteiger partial charge in [-0.1, -0.05) is 6.92 Å². The van der Waals surface area contributed by atoms with E-state index in [2.05, 4.69) is 11.9 Å². The fourth-order valence-corrected chi connectivity index (χ4v) is 3.37. The average molecular weight is 267 g/mol. The first-order chi connectivity index (χ1) is 8.76. The van der Waals surface area contributed by atoms with Crippen molar-refractivity contribution in [3.8, 4) is 0 Å². The molecule has 0 radical (unpaired) electrons. The van der Waals surface area contributed by atoms with Crippen LogP contribution >= 0.6 is 11.3 Å². The van der Waals surface area contributed by atoms with Crippen LogP contribution in [0.15, 0.2) is 6.20 Å². The van der Waals surface area contributed by atoms with Gasteiger partial charge in [0.2, 0.25) is 0 Å². The number of hydrogen-bond donors (Lipinski definition) is 1. The molecule has 0 spiro atoms. The van der Waals surface area contributed by atoms with Gasteiger partial charge in [-0.15, -0.1) is 11.3 Å². The van der Waals surface area contributed by atoms with E-state index in [1.54, 1.807) is 6.20 Å². The van der Waals surface area contributed by atoms with Crippen molar-refractivity contribution >= 4 is 17.2 Å². The molecular formula is C13H21N3OS. The minimum Gasteiger partial charge on any atom is -0.334 e. The Bertz CT molecular complexity index is 405. The van der Waals surface area contributed by atoms with Crippen molar-refractivity contribution in [1.82, 2.24) is 9.88 Å². The summed E-state index contributed by atoms with van der Waals surface area (Å²) in [5.41, 5.74) is 5.76. The molecule has 2 N–H and O–H groups in total. The maximum absolute atomic E-state index is 12.4. The van der Waals surface area contributed by atoms with Crippen molar-refractivity contribution in [3.05, 3.63) is 16.1 Å². The van der Waals surface area contributed by atoms with E-state index in [0.717, 1.165) is 42.1 Å². The smallest absolute Gasteiger partial charge is 0.265 e. The number of piperidine rings is 1. The topological polar surface area (TPSA) is 59.2 Å². The summed E-state index contributed by atoms with van der Waals surface area (Å²) in [6, 6.07) is 0.211. The molecule has 4 nitrogen and oxygen atoms in total. The Kier molecular flexibility index (Phi) is 4.72. The Labute approximate surface area is 112 Å². The van der Waals surface area contributed by atoms with E-state index in [-0.39, 0.29) is 11.9 Å². The number of aromatic nitrogens is 1. The van der Waals surface area contributed by atoms with Gasteiger partial charge in [-0.3, -0.25) is 4.79 Å². The fourth-order valence-electron chi connectivity index (χ4n) is 2.39. The third kappa shape index (κ3) is 2.90. The molecule has 1 amide bonds. The van der Waals surface area contributed by atoms with Crippen LogP contribution in [-0.4, -0.2) is 34.9 Å². The molecule has 1 atom stereocenters. The highest BCUT2D eigenvalue weighted by atomic mass is 32.1. The highest BCUT2D eigenvalue weighted by Gasteiger charge is 2.27. The maximum atomic E-state index is 12.4. The molecule has 18 heavy (non-hydrogen) atoms. The minimum absolute atomic E-state index is 0.116. The molecule has 1 unspecified atom stereocenters.